The zero-order valence-corrected chi connectivity index (χ0v) is 12.8. The van der Waals surface area contributed by atoms with Crippen molar-refractivity contribution in [1.82, 2.24) is 15.6 Å². The maximum Gasteiger partial charge on any atom is 0.275 e. The Balaban J connectivity index is 2.19. The fourth-order valence-corrected chi connectivity index (χ4v) is 3.35. The third-order valence-electron chi connectivity index (χ3n) is 3.49. The predicted molar refractivity (Wildman–Crippen MR) is 78.3 cm³/mol. The molecule has 21 heavy (non-hydrogen) atoms. The molecule has 2 heterocycles. The van der Waals surface area contributed by atoms with Crippen LogP contribution in [0, 0.1) is 6.92 Å². The van der Waals surface area contributed by atoms with Crippen molar-refractivity contribution in [3.05, 3.63) is 21.4 Å². The van der Waals surface area contributed by atoms with Crippen LogP contribution in [0.25, 0.3) is 0 Å². The number of carbonyl (C=O) groups is 3. The highest BCUT2D eigenvalue weighted by Gasteiger charge is 2.32. The van der Waals surface area contributed by atoms with Gasteiger partial charge in [-0.1, -0.05) is 6.92 Å². The third kappa shape index (κ3) is 3.29. The molecule has 1 aliphatic heterocycles. The standard InChI is InChI=1S/C13H18N4O3S/c1-3-9-12(19)15-11(18)6-17(9)5-8-4-10(13(20)16-14)21-7(8)2/h4,9H,3,5-6,14H2,1-2H3,(H,16,20)(H,15,18,19). The quantitative estimate of drug-likeness (QED) is 0.312. The zero-order chi connectivity index (χ0) is 15.6. The van der Waals surface area contributed by atoms with Gasteiger partial charge in [0, 0.05) is 11.4 Å². The highest BCUT2D eigenvalue weighted by atomic mass is 32.1. The van der Waals surface area contributed by atoms with Crippen LogP contribution in [0.2, 0.25) is 0 Å². The summed E-state index contributed by atoms with van der Waals surface area (Å²) >= 11 is 1.34. The highest BCUT2D eigenvalue weighted by molar-refractivity contribution is 7.14. The largest absolute Gasteiger partial charge is 0.294 e. The summed E-state index contributed by atoms with van der Waals surface area (Å²) in [6.07, 6.45) is 0.623. The van der Waals surface area contributed by atoms with E-state index in [-0.39, 0.29) is 30.3 Å². The Labute approximate surface area is 126 Å². The third-order valence-corrected chi connectivity index (χ3v) is 4.58. The molecule has 2 rings (SSSR count). The fourth-order valence-electron chi connectivity index (χ4n) is 2.41. The topological polar surface area (TPSA) is 105 Å². The van der Waals surface area contributed by atoms with Gasteiger partial charge in [-0.25, -0.2) is 5.84 Å². The number of rotatable bonds is 4. The number of thiophene rings is 1. The number of nitrogen functional groups attached to an aromatic ring is 1. The summed E-state index contributed by atoms with van der Waals surface area (Å²) in [6.45, 7) is 4.44. The molecule has 1 fully saturated rings. The molecule has 0 aliphatic carbocycles. The SMILES string of the molecule is CCC1C(=O)NC(=O)CN1Cc1cc(C(=O)NN)sc1C. The van der Waals surface area contributed by atoms with E-state index in [0.29, 0.717) is 17.8 Å². The average Bonchev–Trinajstić information content (AvgIpc) is 2.79. The molecule has 1 aromatic rings. The number of amides is 3. The van der Waals surface area contributed by atoms with Crippen molar-refractivity contribution in [3.8, 4) is 0 Å². The Kier molecular flexibility index (Phi) is 4.71. The average molecular weight is 310 g/mol. The summed E-state index contributed by atoms with van der Waals surface area (Å²) in [5, 5.41) is 2.35. The van der Waals surface area contributed by atoms with E-state index in [1.807, 2.05) is 18.7 Å². The number of nitrogens with two attached hydrogens (primary N) is 1. The predicted octanol–water partition coefficient (Wildman–Crippen LogP) is -0.103. The number of imide groups is 1. The Bertz CT molecular complexity index is 584. The van der Waals surface area contributed by atoms with Crippen LogP contribution in [-0.2, 0) is 16.1 Å². The van der Waals surface area contributed by atoms with E-state index in [4.69, 9.17) is 5.84 Å². The van der Waals surface area contributed by atoms with Crippen molar-refractivity contribution in [1.29, 1.82) is 0 Å². The van der Waals surface area contributed by atoms with Crippen LogP contribution >= 0.6 is 11.3 Å². The molecule has 1 unspecified atom stereocenters. The lowest BCUT2D eigenvalue weighted by Crippen LogP contribution is -2.57. The first-order chi connectivity index (χ1) is 9.96. The number of piperazine rings is 1. The molecule has 0 bridgehead atoms. The first-order valence-corrected chi connectivity index (χ1v) is 7.45. The van der Waals surface area contributed by atoms with Gasteiger partial charge in [-0.2, -0.15) is 0 Å². The number of nitrogens with zero attached hydrogens (tertiary/aromatic N) is 1. The van der Waals surface area contributed by atoms with Crippen LogP contribution in [0.15, 0.2) is 6.07 Å². The van der Waals surface area contributed by atoms with E-state index in [0.717, 1.165) is 10.4 Å². The van der Waals surface area contributed by atoms with Crippen molar-refractivity contribution >= 4 is 29.1 Å². The van der Waals surface area contributed by atoms with Gasteiger partial charge in [0.05, 0.1) is 17.5 Å². The maximum absolute atomic E-state index is 11.8. The number of hydrogen-bond acceptors (Lipinski definition) is 6. The molecule has 0 saturated carbocycles. The summed E-state index contributed by atoms with van der Waals surface area (Å²) in [6, 6.07) is 1.43. The first-order valence-electron chi connectivity index (χ1n) is 6.64. The Morgan fingerprint density at radius 3 is 2.90 bits per heavy atom. The van der Waals surface area contributed by atoms with Crippen LogP contribution < -0.4 is 16.6 Å². The van der Waals surface area contributed by atoms with E-state index in [1.54, 1.807) is 6.07 Å². The van der Waals surface area contributed by atoms with Crippen LogP contribution in [0.1, 0.15) is 33.5 Å². The number of carbonyl (C=O) groups excluding carboxylic acids is 3. The minimum Gasteiger partial charge on any atom is -0.294 e. The minimum atomic E-state index is -0.339. The van der Waals surface area contributed by atoms with E-state index in [9.17, 15) is 14.4 Å². The van der Waals surface area contributed by atoms with Crippen molar-refractivity contribution in [2.75, 3.05) is 6.54 Å². The first kappa shape index (κ1) is 15.6. The lowest BCUT2D eigenvalue weighted by atomic mass is 10.1. The lowest BCUT2D eigenvalue weighted by molar-refractivity contribution is -0.140. The highest BCUT2D eigenvalue weighted by Crippen LogP contribution is 2.24. The lowest BCUT2D eigenvalue weighted by Gasteiger charge is -2.33. The number of hydrogen-bond donors (Lipinski definition) is 3. The smallest absolute Gasteiger partial charge is 0.275 e. The number of hydrazine groups is 1. The molecule has 0 radical (unpaired) electrons. The molecule has 3 amide bonds. The van der Waals surface area contributed by atoms with E-state index < -0.39 is 0 Å². The Hall–Kier alpha value is -1.77. The Morgan fingerprint density at radius 2 is 2.29 bits per heavy atom. The van der Waals surface area contributed by atoms with Crippen molar-refractivity contribution in [2.45, 2.75) is 32.9 Å². The molecule has 4 N–H and O–H groups in total. The minimum absolute atomic E-state index is 0.179. The van der Waals surface area contributed by atoms with Gasteiger partial charge >= 0.3 is 0 Å². The molecule has 0 spiro atoms. The molecule has 7 nitrogen and oxygen atoms in total. The van der Waals surface area contributed by atoms with Gasteiger partial charge in [0.25, 0.3) is 5.91 Å². The van der Waals surface area contributed by atoms with Crippen LogP contribution in [0.5, 0.6) is 0 Å². The Morgan fingerprint density at radius 1 is 1.57 bits per heavy atom. The van der Waals surface area contributed by atoms with Gasteiger partial charge in [0.2, 0.25) is 11.8 Å². The zero-order valence-electron chi connectivity index (χ0n) is 11.9. The second kappa shape index (κ2) is 6.33. The van der Waals surface area contributed by atoms with E-state index in [1.165, 1.54) is 11.3 Å². The monoisotopic (exact) mass is 310 g/mol. The fraction of sp³-hybridized carbons (Fsp3) is 0.462. The maximum atomic E-state index is 11.8. The molecule has 114 valence electrons. The summed E-state index contributed by atoms with van der Waals surface area (Å²) in [7, 11) is 0. The van der Waals surface area contributed by atoms with Gasteiger partial charge in [-0.15, -0.1) is 11.3 Å². The molecule has 1 aromatic heterocycles. The van der Waals surface area contributed by atoms with Crippen LogP contribution in [-0.4, -0.2) is 35.2 Å². The second-order valence-electron chi connectivity index (χ2n) is 4.91. The molecule has 0 aromatic carbocycles. The number of aryl methyl sites for hydroxylation is 1. The van der Waals surface area contributed by atoms with Gasteiger partial charge < -0.3 is 0 Å². The molecular weight excluding hydrogens is 292 g/mol. The van der Waals surface area contributed by atoms with Crippen molar-refractivity contribution in [3.63, 3.8) is 0 Å². The molecule has 8 heteroatoms. The second-order valence-corrected chi connectivity index (χ2v) is 6.16. The normalized spacial score (nSPS) is 19.5. The molecule has 1 atom stereocenters. The molecular formula is C13H18N4O3S. The van der Waals surface area contributed by atoms with Crippen LogP contribution in [0.4, 0.5) is 0 Å². The summed E-state index contributed by atoms with van der Waals surface area (Å²) in [4.78, 5) is 38.2. The van der Waals surface area contributed by atoms with Gasteiger partial charge in [-0.05, 0) is 25.0 Å². The van der Waals surface area contributed by atoms with Gasteiger partial charge in [0.1, 0.15) is 0 Å². The number of nitrogens with one attached hydrogen (secondary N) is 2. The summed E-state index contributed by atoms with van der Waals surface area (Å²) in [5.74, 6) is 4.23. The molecule has 1 aliphatic rings. The summed E-state index contributed by atoms with van der Waals surface area (Å²) in [5.41, 5.74) is 3.03. The molecule has 1 saturated heterocycles. The van der Waals surface area contributed by atoms with Crippen LogP contribution in [0.3, 0.4) is 0 Å². The summed E-state index contributed by atoms with van der Waals surface area (Å²) < 4.78 is 0. The van der Waals surface area contributed by atoms with E-state index >= 15 is 0 Å². The van der Waals surface area contributed by atoms with Crippen molar-refractivity contribution < 1.29 is 14.4 Å². The van der Waals surface area contributed by atoms with Crippen molar-refractivity contribution in [2.24, 2.45) is 5.84 Å². The van der Waals surface area contributed by atoms with Gasteiger partial charge in [0.15, 0.2) is 0 Å². The van der Waals surface area contributed by atoms with Gasteiger partial charge in [-0.3, -0.25) is 30.0 Å². The van der Waals surface area contributed by atoms with E-state index in [2.05, 4.69) is 10.7 Å².